The Morgan fingerprint density at radius 3 is 2.00 bits per heavy atom. The van der Waals surface area contributed by atoms with E-state index in [9.17, 15) is 0 Å². The molecule has 0 heteroatoms. The summed E-state index contributed by atoms with van der Waals surface area (Å²) in [6.07, 6.45) is 15.8. The minimum atomic E-state index is 0.869. The van der Waals surface area contributed by atoms with Gasteiger partial charge < -0.3 is 0 Å². The second kappa shape index (κ2) is 3.06. The molecule has 0 nitrogen and oxygen atoms in total. The van der Waals surface area contributed by atoms with Gasteiger partial charge in [0.1, 0.15) is 0 Å². The van der Waals surface area contributed by atoms with Crippen molar-refractivity contribution >= 4 is 0 Å². The van der Waals surface area contributed by atoms with Crippen molar-refractivity contribution in [1.29, 1.82) is 0 Å². The Morgan fingerprint density at radius 2 is 1.44 bits per heavy atom. The van der Waals surface area contributed by atoms with E-state index >= 15 is 0 Å². The van der Waals surface area contributed by atoms with Crippen molar-refractivity contribution in [2.45, 2.75) is 71.1 Å². The molecule has 0 N–H and O–H groups in total. The molecule has 4 aliphatic rings. The van der Waals surface area contributed by atoms with E-state index in [1.807, 2.05) is 0 Å². The Kier molecular flexibility index (Phi) is 1.91. The average molecular weight is 218 g/mol. The highest BCUT2D eigenvalue weighted by Gasteiger charge is 2.60. The molecule has 4 aliphatic carbocycles. The molecule has 0 heterocycles. The molecule has 0 aromatic carbocycles. The number of hydrogen-bond donors (Lipinski definition) is 0. The van der Waals surface area contributed by atoms with Gasteiger partial charge in [-0.15, -0.1) is 0 Å². The zero-order chi connectivity index (χ0) is 10.8. The Hall–Kier alpha value is 0. The van der Waals surface area contributed by atoms with Crippen LogP contribution >= 0.6 is 0 Å². The van der Waals surface area contributed by atoms with E-state index in [0.717, 1.165) is 22.7 Å². The maximum atomic E-state index is 2.48. The first-order valence-corrected chi connectivity index (χ1v) is 7.74. The molecule has 2 spiro atoms. The van der Waals surface area contributed by atoms with Crippen LogP contribution in [0, 0.1) is 28.6 Å². The third-order valence-electron chi connectivity index (χ3n) is 7.05. The van der Waals surface area contributed by atoms with Crippen LogP contribution in [0.15, 0.2) is 0 Å². The molecule has 0 aliphatic heterocycles. The first-order valence-electron chi connectivity index (χ1n) is 7.74. The molecule has 2 atom stereocenters. The van der Waals surface area contributed by atoms with Gasteiger partial charge in [0.25, 0.3) is 0 Å². The van der Waals surface area contributed by atoms with Crippen LogP contribution in [0.25, 0.3) is 0 Å². The Morgan fingerprint density at radius 1 is 0.812 bits per heavy atom. The summed E-state index contributed by atoms with van der Waals surface area (Å²) in [5.74, 6) is 3.41. The van der Waals surface area contributed by atoms with Gasteiger partial charge in [-0.3, -0.25) is 0 Å². The highest BCUT2D eigenvalue weighted by Crippen LogP contribution is 2.70. The van der Waals surface area contributed by atoms with Crippen LogP contribution in [0.2, 0.25) is 0 Å². The molecule has 4 rings (SSSR count). The SMILES string of the molecule is CC1CC12CCC(C1CC13CCCC3)CC2. The van der Waals surface area contributed by atoms with Gasteiger partial charge in [0.05, 0.1) is 0 Å². The molecule has 4 saturated carbocycles. The molecule has 90 valence electrons. The van der Waals surface area contributed by atoms with Crippen molar-refractivity contribution in [2.75, 3.05) is 0 Å². The molecule has 0 aromatic rings. The zero-order valence-corrected chi connectivity index (χ0v) is 10.8. The molecular formula is C16H26. The Bertz CT molecular complexity index is 289. The molecule has 16 heavy (non-hydrogen) atoms. The summed E-state index contributed by atoms with van der Waals surface area (Å²) in [5.41, 5.74) is 1.78. The second-order valence-corrected chi connectivity index (χ2v) is 7.69. The van der Waals surface area contributed by atoms with Gasteiger partial charge in [0, 0.05) is 0 Å². The van der Waals surface area contributed by atoms with Gasteiger partial charge in [-0.2, -0.15) is 0 Å². The highest BCUT2D eigenvalue weighted by atomic mass is 14.6. The van der Waals surface area contributed by atoms with Crippen molar-refractivity contribution in [3.05, 3.63) is 0 Å². The summed E-state index contributed by atoms with van der Waals surface area (Å²) in [6.45, 7) is 2.48. The summed E-state index contributed by atoms with van der Waals surface area (Å²) in [7, 11) is 0. The van der Waals surface area contributed by atoms with Gasteiger partial charge in [0.15, 0.2) is 0 Å². The van der Waals surface area contributed by atoms with Crippen LogP contribution in [0.5, 0.6) is 0 Å². The van der Waals surface area contributed by atoms with Crippen molar-refractivity contribution in [3.8, 4) is 0 Å². The Labute approximate surface area is 100 Å². The predicted octanol–water partition coefficient (Wildman–Crippen LogP) is 4.78. The van der Waals surface area contributed by atoms with Gasteiger partial charge in [-0.1, -0.05) is 19.8 Å². The smallest absolute Gasteiger partial charge is 0.0263 e. The lowest BCUT2D eigenvalue weighted by molar-refractivity contribution is 0.203. The van der Waals surface area contributed by atoms with Crippen LogP contribution in [-0.4, -0.2) is 0 Å². The molecule has 0 bridgehead atoms. The average Bonchev–Trinajstić information content (AvgIpc) is 3.04. The van der Waals surface area contributed by atoms with E-state index < -0.39 is 0 Å². The fraction of sp³-hybridized carbons (Fsp3) is 1.00. The monoisotopic (exact) mass is 218 g/mol. The van der Waals surface area contributed by atoms with Gasteiger partial charge in [0.2, 0.25) is 0 Å². The van der Waals surface area contributed by atoms with E-state index in [-0.39, 0.29) is 0 Å². The standard InChI is InChI=1S/C16H26/c1-12-10-15(12)8-4-13(5-9-15)14-11-16(14)6-2-3-7-16/h12-14H,2-11H2,1H3. The van der Waals surface area contributed by atoms with Crippen LogP contribution in [0.4, 0.5) is 0 Å². The lowest BCUT2D eigenvalue weighted by Gasteiger charge is -2.30. The van der Waals surface area contributed by atoms with E-state index in [4.69, 9.17) is 0 Å². The zero-order valence-electron chi connectivity index (χ0n) is 10.8. The molecule has 0 radical (unpaired) electrons. The van der Waals surface area contributed by atoms with Crippen LogP contribution in [0.1, 0.15) is 71.1 Å². The predicted molar refractivity (Wildman–Crippen MR) is 67.2 cm³/mol. The van der Waals surface area contributed by atoms with Crippen molar-refractivity contribution in [2.24, 2.45) is 28.6 Å². The fourth-order valence-electron chi connectivity index (χ4n) is 5.56. The second-order valence-electron chi connectivity index (χ2n) is 7.69. The molecule has 2 unspecified atom stereocenters. The fourth-order valence-corrected chi connectivity index (χ4v) is 5.56. The van der Waals surface area contributed by atoms with E-state index in [0.29, 0.717) is 0 Å². The summed E-state index contributed by atoms with van der Waals surface area (Å²) in [4.78, 5) is 0. The molecule has 0 saturated heterocycles. The lowest BCUT2D eigenvalue weighted by atomic mass is 9.75. The lowest BCUT2D eigenvalue weighted by Crippen LogP contribution is -2.20. The minimum Gasteiger partial charge on any atom is -0.0620 e. The highest BCUT2D eigenvalue weighted by molar-refractivity contribution is 5.10. The summed E-state index contributed by atoms with van der Waals surface area (Å²) in [6, 6.07) is 0. The van der Waals surface area contributed by atoms with Crippen molar-refractivity contribution in [3.63, 3.8) is 0 Å². The van der Waals surface area contributed by atoms with Crippen molar-refractivity contribution < 1.29 is 0 Å². The maximum Gasteiger partial charge on any atom is -0.0263 e. The quantitative estimate of drug-likeness (QED) is 0.594. The number of hydrogen-bond acceptors (Lipinski definition) is 0. The van der Waals surface area contributed by atoms with Crippen LogP contribution in [0.3, 0.4) is 0 Å². The molecule has 0 amide bonds. The first kappa shape index (κ1) is 9.97. The summed E-state index contributed by atoms with van der Waals surface area (Å²) >= 11 is 0. The van der Waals surface area contributed by atoms with Crippen LogP contribution in [-0.2, 0) is 0 Å². The van der Waals surface area contributed by atoms with E-state index in [1.165, 1.54) is 5.92 Å². The third kappa shape index (κ3) is 1.28. The Balaban J connectivity index is 1.38. The molecular weight excluding hydrogens is 192 g/mol. The molecule has 0 aromatic heterocycles. The largest absolute Gasteiger partial charge is 0.0620 e. The van der Waals surface area contributed by atoms with Gasteiger partial charge in [-0.25, -0.2) is 0 Å². The topological polar surface area (TPSA) is 0 Å². The third-order valence-corrected chi connectivity index (χ3v) is 7.05. The molecule has 4 fully saturated rings. The summed E-state index contributed by atoms with van der Waals surface area (Å²) in [5, 5.41) is 0. The van der Waals surface area contributed by atoms with Crippen LogP contribution < -0.4 is 0 Å². The normalized spacial score (nSPS) is 53.4. The van der Waals surface area contributed by atoms with E-state index in [2.05, 4.69) is 6.92 Å². The first-order chi connectivity index (χ1) is 7.74. The van der Waals surface area contributed by atoms with Gasteiger partial charge >= 0.3 is 0 Å². The maximum absolute atomic E-state index is 2.48. The van der Waals surface area contributed by atoms with Crippen molar-refractivity contribution in [1.82, 2.24) is 0 Å². The minimum absolute atomic E-state index is 0.869. The van der Waals surface area contributed by atoms with E-state index in [1.54, 1.807) is 64.2 Å². The van der Waals surface area contributed by atoms with Gasteiger partial charge in [-0.05, 0) is 80.0 Å². The number of rotatable bonds is 1. The summed E-state index contributed by atoms with van der Waals surface area (Å²) < 4.78 is 0.